The number of carbonyl (C=O) groups is 1. The van der Waals surface area contributed by atoms with Crippen LogP contribution in [-0.4, -0.2) is 19.2 Å². The van der Waals surface area contributed by atoms with Crippen molar-refractivity contribution >= 4 is 5.97 Å². The van der Waals surface area contributed by atoms with Crippen LogP contribution in [0.5, 0.6) is 5.75 Å². The fourth-order valence-corrected chi connectivity index (χ4v) is 2.38. The van der Waals surface area contributed by atoms with E-state index in [9.17, 15) is 4.79 Å². The molecule has 0 unspecified atom stereocenters. The lowest BCUT2D eigenvalue weighted by Crippen LogP contribution is -2.01. The maximum Gasteiger partial charge on any atom is 0.330 e. The van der Waals surface area contributed by atoms with Crippen molar-refractivity contribution < 1.29 is 14.3 Å². The van der Waals surface area contributed by atoms with E-state index in [-0.39, 0.29) is 5.97 Å². The molecule has 0 bridgehead atoms. The van der Waals surface area contributed by atoms with E-state index in [1.54, 1.807) is 0 Å². The van der Waals surface area contributed by atoms with Gasteiger partial charge in [-0.15, -0.1) is 0 Å². The van der Waals surface area contributed by atoms with Crippen LogP contribution in [-0.2, 0) is 9.53 Å². The molecule has 1 aromatic rings. The van der Waals surface area contributed by atoms with Gasteiger partial charge in [0.15, 0.2) is 0 Å². The monoisotopic (exact) mass is 318 g/mol. The summed E-state index contributed by atoms with van der Waals surface area (Å²) >= 11 is 0. The number of hydrogen-bond donors (Lipinski definition) is 0. The average molecular weight is 318 g/mol. The maximum atomic E-state index is 10.8. The highest BCUT2D eigenvalue weighted by atomic mass is 16.5. The second-order valence-electron chi connectivity index (χ2n) is 5.72. The van der Waals surface area contributed by atoms with Crippen molar-refractivity contribution in [1.82, 2.24) is 0 Å². The molecular formula is C20H30O3. The summed E-state index contributed by atoms with van der Waals surface area (Å²) in [6.07, 6.45) is 12.1. The van der Waals surface area contributed by atoms with Crippen LogP contribution in [0.2, 0.25) is 0 Å². The van der Waals surface area contributed by atoms with Gasteiger partial charge < -0.3 is 9.47 Å². The van der Waals surface area contributed by atoms with Crippen LogP contribution < -0.4 is 4.74 Å². The summed E-state index contributed by atoms with van der Waals surface area (Å²) in [5.74, 6) is 0.646. The van der Waals surface area contributed by atoms with Gasteiger partial charge in [-0.2, -0.15) is 0 Å². The molecule has 1 rings (SSSR count). The predicted molar refractivity (Wildman–Crippen MR) is 94.6 cm³/mol. The van der Waals surface area contributed by atoms with Crippen LogP contribution in [0.25, 0.3) is 0 Å². The molecule has 0 saturated heterocycles. The van der Waals surface area contributed by atoms with Gasteiger partial charge in [-0.3, -0.25) is 0 Å². The Morgan fingerprint density at radius 1 is 0.826 bits per heavy atom. The van der Waals surface area contributed by atoms with Gasteiger partial charge in [0.1, 0.15) is 5.75 Å². The standard InChI is InChI=1S/C20H30O3/c1-2-20(21)23-18-14-9-7-5-3-4-6-8-13-17-22-19-15-11-10-12-16-19/h2,10-12,15-16H,1,3-9,13-14,17-18H2. The first-order chi connectivity index (χ1) is 11.3. The summed E-state index contributed by atoms with van der Waals surface area (Å²) in [5, 5.41) is 0. The molecular weight excluding hydrogens is 288 g/mol. The van der Waals surface area contributed by atoms with Crippen molar-refractivity contribution in [2.24, 2.45) is 0 Å². The summed E-state index contributed by atoms with van der Waals surface area (Å²) in [5.41, 5.74) is 0. The maximum absolute atomic E-state index is 10.8. The lowest BCUT2D eigenvalue weighted by atomic mass is 10.1. The zero-order valence-corrected chi connectivity index (χ0v) is 14.2. The Bertz CT molecular complexity index is 414. The van der Waals surface area contributed by atoms with Crippen LogP contribution >= 0.6 is 0 Å². The third kappa shape index (κ3) is 11.5. The van der Waals surface area contributed by atoms with Gasteiger partial charge in [0.05, 0.1) is 13.2 Å². The van der Waals surface area contributed by atoms with E-state index in [0.29, 0.717) is 6.61 Å². The molecule has 0 atom stereocenters. The molecule has 0 aliphatic carbocycles. The second-order valence-corrected chi connectivity index (χ2v) is 5.72. The van der Waals surface area contributed by atoms with Gasteiger partial charge in [-0.1, -0.05) is 69.7 Å². The zero-order chi connectivity index (χ0) is 16.6. The molecule has 0 radical (unpaired) electrons. The summed E-state index contributed by atoms with van der Waals surface area (Å²) in [6, 6.07) is 9.99. The summed E-state index contributed by atoms with van der Waals surface area (Å²) in [7, 11) is 0. The van der Waals surface area contributed by atoms with Crippen molar-refractivity contribution in [3.8, 4) is 5.75 Å². The van der Waals surface area contributed by atoms with E-state index in [1.807, 2.05) is 30.3 Å². The highest BCUT2D eigenvalue weighted by molar-refractivity contribution is 5.81. The van der Waals surface area contributed by atoms with Crippen molar-refractivity contribution in [2.75, 3.05) is 13.2 Å². The van der Waals surface area contributed by atoms with Gasteiger partial charge in [0.2, 0.25) is 0 Å². The quantitative estimate of drug-likeness (QED) is 0.265. The van der Waals surface area contributed by atoms with Gasteiger partial charge in [0, 0.05) is 6.08 Å². The van der Waals surface area contributed by atoms with E-state index < -0.39 is 0 Å². The minimum Gasteiger partial charge on any atom is -0.494 e. The summed E-state index contributed by atoms with van der Waals surface area (Å²) < 4.78 is 10.6. The van der Waals surface area contributed by atoms with Crippen molar-refractivity contribution in [1.29, 1.82) is 0 Å². The van der Waals surface area contributed by atoms with Crippen LogP contribution in [0.3, 0.4) is 0 Å². The second kappa shape index (κ2) is 13.9. The third-order valence-electron chi connectivity index (χ3n) is 3.71. The molecule has 23 heavy (non-hydrogen) atoms. The fraction of sp³-hybridized carbons (Fsp3) is 0.550. The van der Waals surface area contributed by atoms with E-state index in [0.717, 1.165) is 31.6 Å². The highest BCUT2D eigenvalue weighted by Crippen LogP contribution is 2.12. The number of unbranched alkanes of at least 4 members (excludes halogenated alkanes) is 8. The lowest BCUT2D eigenvalue weighted by Gasteiger charge is -2.06. The molecule has 128 valence electrons. The number of rotatable bonds is 14. The molecule has 3 heteroatoms. The van der Waals surface area contributed by atoms with Crippen molar-refractivity contribution in [3.63, 3.8) is 0 Å². The minimum atomic E-state index is -0.318. The Labute approximate surface area is 140 Å². The predicted octanol–water partition coefficient (Wildman–Crippen LogP) is 5.31. The van der Waals surface area contributed by atoms with Gasteiger partial charge >= 0.3 is 5.97 Å². The molecule has 0 aromatic heterocycles. The van der Waals surface area contributed by atoms with Gasteiger partial charge in [0.25, 0.3) is 0 Å². The largest absolute Gasteiger partial charge is 0.494 e. The number of esters is 1. The van der Waals surface area contributed by atoms with Crippen LogP contribution in [0.15, 0.2) is 43.0 Å². The minimum absolute atomic E-state index is 0.318. The molecule has 0 saturated carbocycles. The smallest absolute Gasteiger partial charge is 0.330 e. The molecule has 0 heterocycles. The molecule has 0 aliphatic rings. The summed E-state index contributed by atoms with van der Waals surface area (Å²) in [6.45, 7) is 4.70. The zero-order valence-electron chi connectivity index (χ0n) is 14.2. The first-order valence-corrected chi connectivity index (χ1v) is 8.80. The van der Waals surface area contributed by atoms with Crippen molar-refractivity contribution in [2.45, 2.75) is 57.8 Å². The molecule has 0 aliphatic heterocycles. The first kappa shape index (κ1) is 19.3. The van der Waals surface area contributed by atoms with E-state index in [4.69, 9.17) is 9.47 Å². The Morgan fingerprint density at radius 2 is 1.35 bits per heavy atom. The fourth-order valence-electron chi connectivity index (χ4n) is 2.38. The number of para-hydroxylation sites is 1. The molecule has 3 nitrogen and oxygen atoms in total. The van der Waals surface area contributed by atoms with E-state index >= 15 is 0 Å². The average Bonchev–Trinajstić information content (AvgIpc) is 2.59. The van der Waals surface area contributed by atoms with Crippen molar-refractivity contribution in [3.05, 3.63) is 43.0 Å². The Kier molecular flexibility index (Phi) is 11.6. The number of benzene rings is 1. The van der Waals surface area contributed by atoms with Crippen LogP contribution in [0.4, 0.5) is 0 Å². The van der Waals surface area contributed by atoms with E-state index in [2.05, 4.69) is 6.58 Å². The van der Waals surface area contributed by atoms with E-state index in [1.165, 1.54) is 44.6 Å². The molecule has 0 amide bonds. The molecule has 0 fully saturated rings. The Balaban J connectivity index is 1.76. The highest BCUT2D eigenvalue weighted by Gasteiger charge is 1.96. The molecule has 0 N–H and O–H groups in total. The Hall–Kier alpha value is -1.77. The van der Waals surface area contributed by atoms with Crippen LogP contribution in [0.1, 0.15) is 57.8 Å². The summed E-state index contributed by atoms with van der Waals surface area (Å²) in [4.78, 5) is 10.8. The topological polar surface area (TPSA) is 35.5 Å². The SMILES string of the molecule is C=CC(=O)OCCCCCCCCCCCOc1ccccc1. The first-order valence-electron chi connectivity index (χ1n) is 8.80. The third-order valence-corrected chi connectivity index (χ3v) is 3.71. The molecule has 0 spiro atoms. The van der Waals surface area contributed by atoms with Gasteiger partial charge in [-0.05, 0) is 25.0 Å². The van der Waals surface area contributed by atoms with Gasteiger partial charge in [-0.25, -0.2) is 4.79 Å². The lowest BCUT2D eigenvalue weighted by molar-refractivity contribution is -0.137. The normalized spacial score (nSPS) is 10.3. The Morgan fingerprint density at radius 3 is 1.91 bits per heavy atom. The van der Waals surface area contributed by atoms with Crippen LogP contribution in [0, 0.1) is 0 Å². The number of hydrogen-bond acceptors (Lipinski definition) is 3. The number of ether oxygens (including phenoxy) is 2. The number of carbonyl (C=O) groups excluding carboxylic acids is 1. The molecule has 1 aromatic carbocycles.